The van der Waals surface area contributed by atoms with Gasteiger partial charge in [0, 0.05) is 35.4 Å². The Bertz CT molecular complexity index is 884. The zero-order chi connectivity index (χ0) is 18.9. The lowest BCUT2D eigenvalue weighted by molar-refractivity contribution is -0.529. The molecule has 26 heavy (non-hydrogen) atoms. The summed E-state index contributed by atoms with van der Waals surface area (Å²) in [6, 6.07) is 12.5. The molecule has 6 nitrogen and oxygen atoms in total. The number of benzene rings is 2. The molecule has 0 fully saturated rings. The lowest BCUT2D eigenvalue weighted by atomic mass is 9.76. The zero-order valence-corrected chi connectivity index (χ0v) is 14.8. The predicted octanol–water partition coefficient (Wildman–Crippen LogP) is 3.05. The molecular formula is C19H17ClN2O4. The number of nitrogens with one attached hydrogen (secondary N) is 1. The van der Waals surface area contributed by atoms with Gasteiger partial charge >= 0.3 is 0 Å². The zero-order valence-electron chi connectivity index (χ0n) is 14.1. The molecule has 2 atom stereocenters. The van der Waals surface area contributed by atoms with Gasteiger partial charge in [-0.15, -0.1) is 0 Å². The quantitative estimate of drug-likeness (QED) is 0.496. The molecule has 1 aliphatic carbocycles. The molecule has 1 aliphatic rings. The molecule has 0 aromatic heterocycles. The van der Waals surface area contributed by atoms with Gasteiger partial charge in [0.15, 0.2) is 11.2 Å². The minimum atomic E-state index is -1.77. The van der Waals surface area contributed by atoms with Crippen LogP contribution in [0.1, 0.15) is 28.4 Å². The molecule has 0 aliphatic heterocycles. The van der Waals surface area contributed by atoms with Gasteiger partial charge in [0.25, 0.3) is 0 Å². The maximum atomic E-state index is 13.0. The molecule has 2 aromatic rings. The molecule has 2 unspecified atom stereocenters. The number of carbonyl (C=O) groups is 2. The van der Waals surface area contributed by atoms with Crippen LogP contribution in [-0.4, -0.2) is 22.7 Å². The largest absolute Gasteiger partial charge is 0.351 e. The fourth-order valence-corrected chi connectivity index (χ4v) is 3.57. The van der Waals surface area contributed by atoms with Crippen molar-refractivity contribution in [2.24, 2.45) is 5.41 Å². The highest BCUT2D eigenvalue weighted by molar-refractivity contribution is 6.31. The van der Waals surface area contributed by atoms with E-state index >= 15 is 0 Å². The molecule has 7 heteroatoms. The van der Waals surface area contributed by atoms with E-state index in [-0.39, 0.29) is 13.0 Å². The van der Waals surface area contributed by atoms with Crippen LogP contribution in [0.5, 0.6) is 0 Å². The summed E-state index contributed by atoms with van der Waals surface area (Å²) in [4.78, 5) is 36.9. The second kappa shape index (κ2) is 6.88. The van der Waals surface area contributed by atoms with Crippen LogP contribution in [0.2, 0.25) is 5.02 Å². The lowest BCUT2D eigenvalue weighted by Crippen LogP contribution is -2.54. The van der Waals surface area contributed by atoms with Crippen LogP contribution in [0.3, 0.4) is 0 Å². The summed E-state index contributed by atoms with van der Waals surface area (Å²) >= 11 is 5.98. The van der Waals surface area contributed by atoms with E-state index in [1.165, 1.54) is 13.0 Å². The van der Waals surface area contributed by atoms with E-state index < -0.39 is 28.1 Å². The number of carbonyl (C=O) groups excluding carboxylic acids is 2. The molecule has 0 saturated carbocycles. The Labute approximate surface area is 155 Å². The van der Waals surface area contributed by atoms with Gasteiger partial charge in [-0.2, -0.15) is 0 Å². The van der Waals surface area contributed by atoms with E-state index in [9.17, 15) is 19.7 Å². The molecule has 0 saturated heterocycles. The van der Waals surface area contributed by atoms with E-state index in [0.29, 0.717) is 16.1 Å². The van der Waals surface area contributed by atoms with Crippen molar-refractivity contribution in [3.63, 3.8) is 0 Å². The van der Waals surface area contributed by atoms with Gasteiger partial charge in [-0.25, -0.2) is 0 Å². The molecule has 0 bridgehead atoms. The van der Waals surface area contributed by atoms with Gasteiger partial charge < -0.3 is 5.32 Å². The third kappa shape index (κ3) is 2.97. The lowest BCUT2D eigenvalue weighted by Gasteiger charge is -2.27. The first-order valence-corrected chi connectivity index (χ1v) is 8.53. The smallest absolute Gasteiger partial charge is 0.241 e. The molecule has 0 heterocycles. The van der Waals surface area contributed by atoms with E-state index in [1.807, 2.05) is 30.3 Å². The number of amides is 1. The number of hydrogen-bond acceptors (Lipinski definition) is 4. The Morgan fingerprint density at radius 1 is 1.31 bits per heavy atom. The van der Waals surface area contributed by atoms with Gasteiger partial charge in [0.2, 0.25) is 11.9 Å². The highest BCUT2D eigenvalue weighted by atomic mass is 35.5. The summed E-state index contributed by atoms with van der Waals surface area (Å²) in [5.41, 5.74) is -0.0505. The first-order chi connectivity index (χ1) is 12.4. The number of rotatable bonds is 5. The fraction of sp³-hybridized carbons (Fsp3) is 0.263. The number of ketones is 1. The number of nitrogens with zero attached hydrogens (tertiary/aromatic N) is 1. The van der Waals surface area contributed by atoms with Crippen LogP contribution < -0.4 is 5.32 Å². The highest BCUT2D eigenvalue weighted by Gasteiger charge is 2.60. The first kappa shape index (κ1) is 18.1. The number of hydrogen-bond donors (Lipinski definition) is 1. The third-order valence-electron chi connectivity index (χ3n) is 4.92. The SMILES string of the molecule is CC([N+](=O)[O-])C1(C(=O)NCc2ccccc2)Cc2cc(Cl)ccc2C1=O. The van der Waals surface area contributed by atoms with Crippen molar-refractivity contribution in [1.29, 1.82) is 0 Å². The standard InChI is InChI=1S/C19H17ClN2O4/c1-12(22(25)26)19(18(24)21-11-13-5-3-2-4-6-13)10-14-9-15(20)7-8-16(14)17(19)23/h2-9,12H,10-11H2,1H3,(H,21,24). The first-order valence-electron chi connectivity index (χ1n) is 8.15. The maximum absolute atomic E-state index is 13.0. The number of halogens is 1. The van der Waals surface area contributed by atoms with Crippen LogP contribution >= 0.6 is 11.6 Å². The minimum Gasteiger partial charge on any atom is -0.351 e. The molecular weight excluding hydrogens is 356 g/mol. The normalized spacial score (nSPS) is 19.7. The molecule has 1 amide bonds. The van der Waals surface area contributed by atoms with Gasteiger partial charge in [-0.1, -0.05) is 41.9 Å². The molecule has 3 rings (SSSR count). The Balaban J connectivity index is 1.95. The van der Waals surface area contributed by atoms with E-state index in [1.54, 1.807) is 12.1 Å². The van der Waals surface area contributed by atoms with Crippen molar-refractivity contribution >= 4 is 23.3 Å². The molecule has 1 N–H and O–H groups in total. The minimum absolute atomic E-state index is 0.0372. The average molecular weight is 373 g/mol. The van der Waals surface area contributed by atoms with Crippen LogP contribution in [0.4, 0.5) is 0 Å². The number of nitro groups is 1. The van der Waals surface area contributed by atoms with Gasteiger partial charge in [0.05, 0.1) is 0 Å². The third-order valence-corrected chi connectivity index (χ3v) is 5.15. The maximum Gasteiger partial charge on any atom is 0.241 e. The van der Waals surface area contributed by atoms with Crippen molar-refractivity contribution in [2.75, 3.05) is 0 Å². The fourth-order valence-electron chi connectivity index (χ4n) is 3.38. The van der Waals surface area contributed by atoms with E-state index in [2.05, 4.69) is 5.32 Å². The monoisotopic (exact) mass is 372 g/mol. The Morgan fingerprint density at radius 3 is 2.65 bits per heavy atom. The number of fused-ring (bicyclic) bond motifs is 1. The van der Waals surface area contributed by atoms with Crippen molar-refractivity contribution < 1.29 is 14.5 Å². The Kier molecular flexibility index (Phi) is 4.78. The molecule has 0 radical (unpaired) electrons. The molecule has 2 aromatic carbocycles. The predicted molar refractivity (Wildman–Crippen MR) is 96.7 cm³/mol. The Hall–Kier alpha value is -2.73. The van der Waals surface area contributed by atoms with E-state index in [0.717, 1.165) is 5.56 Å². The van der Waals surface area contributed by atoms with Gasteiger partial charge in [-0.05, 0) is 29.3 Å². The summed E-state index contributed by atoms with van der Waals surface area (Å²) in [5, 5.41) is 14.6. The summed E-state index contributed by atoms with van der Waals surface area (Å²) in [6.07, 6.45) is -0.0372. The van der Waals surface area contributed by atoms with Crippen molar-refractivity contribution in [1.82, 2.24) is 5.32 Å². The van der Waals surface area contributed by atoms with Gasteiger partial charge in [-0.3, -0.25) is 19.7 Å². The highest BCUT2D eigenvalue weighted by Crippen LogP contribution is 2.42. The van der Waals surface area contributed by atoms with Crippen molar-refractivity contribution in [2.45, 2.75) is 25.9 Å². The van der Waals surface area contributed by atoms with Crippen molar-refractivity contribution in [3.8, 4) is 0 Å². The Morgan fingerprint density at radius 2 is 2.00 bits per heavy atom. The van der Waals surface area contributed by atoms with Crippen LogP contribution in [-0.2, 0) is 17.8 Å². The average Bonchev–Trinajstić information content (AvgIpc) is 2.92. The topological polar surface area (TPSA) is 89.3 Å². The number of Topliss-reactive ketones (excluding diaryl/α,β-unsaturated/α-hetero) is 1. The van der Waals surface area contributed by atoms with Crippen LogP contribution in [0.15, 0.2) is 48.5 Å². The van der Waals surface area contributed by atoms with E-state index in [4.69, 9.17) is 11.6 Å². The summed E-state index contributed by atoms with van der Waals surface area (Å²) in [5.74, 6) is -1.16. The molecule has 134 valence electrons. The van der Waals surface area contributed by atoms with Crippen LogP contribution in [0, 0.1) is 15.5 Å². The summed E-state index contributed by atoms with van der Waals surface area (Å²) in [7, 11) is 0. The van der Waals surface area contributed by atoms with Gasteiger partial charge in [0.1, 0.15) is 0 Å². The summed E-state index contributed by atoms with van der Waals surface area (Å²) < 4.78 is 0. The second-order valence-electron chi connectivity index (χ2n) is 6.41. The van der Waals surface area contributed by atoms with Crippen LogP contribution in [0.25, 0.3) is 0 Å². The molecule has 0 spiro atoms. The second-order valence-corrected chi connectivity index (χ2v) is 6.84. The van der Waals surface area contributed by atoms with Crippen molar-refractivity contribution in [3.05, 3.63) is 80.4 Å². The summed E-state index contributed by atoms with van der Waals surface area (Å²) in [6.45, 7) is 1.49.